The van der Waals surface area contributed by atoms with E-state index in [0.717, 1.165) is 23.3 Å². The van der Waals surface area contributed by atoms with Crippen LogP contribution >= 0.6 is 0 Å². The molecule has 0 radical (unpaired) electrons. The van der Waals surface area contributed by atoms with Crippen molar-refractivity contribution in [3.05, 3.63) is 23.4 Å². The third-order valence-electron chi connectivity index (χ3n) is 3.96. The van der Waals surface area contributed by atoms with Crippen LogP contribution in [0.5, 0.6) is 0 Å². The Balaban J connectivity index is 4.52. The fourth-order valence-corrected chi connectivity index (χ4v) is 1.93. The summed E-state index contributed by atoms with van der Waals surface area (Å²) in [6.07, 6.45) is 0.704. The van der Waals surface area contributed by atoms with Crippen molar-refractivity contribution in [1.29, 1.82) is 0 Å². The molecule has 19 heavy (non-hydrogen) atoms. The second-order valence-corrected chi connectivity index (χ2v) is 5.83. The number of hydrogen-bond donors (Lipinski definition) is 3. The fraction of sp³-hybridized carbons (Fsp3) is 0.750. The Morgan fingerprint density at radius 1 is 1.21 bits per heavy atom. The first-order valence-corrected chi connectivity index (χ1v) is 7.22. The molecule has 0 heterocycles. The highest BCUT2D eigenvalue weighted by Gasteiger charge is 2.20. The van der Waals surface area contributed by atoms with E-state index in [1.54, 1.807) is 0 Å². The monoisotopic (exact) mass is 269 g/mol. The van der Waals surface area contributed by atoms with Crippen molar-refractivity contribution in [2.75, 3.05) is 0 Å². The van der Waals surface area contributed by atoms with Gasteiger partial charge in [0.2, 0.25) is 0 Å². The van der Waals surface area contributed by atoms with E-state index in [4.69, 9.17) is 5.73 Å². The maximum absolute atomic E-state index is 9.86. The van der Waals surface area contributed by atoms with Gasteiger partial charge in [0.05, 0.1) is 12.2 Å². The van der Waals surface area contributed by atoms with Crippen molar-refractivity contribution < 1.29 is 10.2 Å². The van der Waals surface area contributed by atoms with Crippen LogP contribution in [0, 0.1) is 11.8 Å². The molecule has 3 atom stereocenters. The van der Waals surface area contributed by atoms with Crippen LogP contribution < -0.4 is 5.73 Å². The zero-order valence-electron chi connectivity index (χ0n) is 13.1. The summed E-state index contributed by atoms with van der Waals surface area (Å²) in [6, 6.07) is 0. The van der Waals surface area contributed by atoms with E-state index in [2.05, 4.69) is 20.4 Å². The molecule has 0 aromatic rings. The van der Waals surface area contributed by atoms with Gasteiger partial charge >= 0.3 is 0 Å². The quantitative estimate of drug-likeness (QED) is 0.593. The molecule has 112 valence electrons. The van der Waals surface area contributed by atoms with Gasteiger partial charge < -0.3 is 15.9 Å². The third-order valence-corrected chi connectivity index (χ3v) is 3.96. The highest BCUT2D eigenvalue weighted by molar-refractivity contribution is 5.31. The van der Waals surface area contributed by atoms with Gasteiger partial charge in [-0.05, 0) is 49.2 Å². The van der Waals surface area contributed by atoms with E-state index in [-0.39, 0.29) is 5.92 Å². The summed E-state index contributed by atoms with van der Waals surface area (Å²) >= 11 is 0. The number of aliphatic hydroxyl groups is 2. The molecule has 0 aliphatic rings. The predicted octanol–water partition coefficient (Wildman–Crippen LogP) is 2.98. The van der Waals surface area contributed by atoms with Crippen molar-refractivity contribution in [3.8, 4) is 0 Å². The lowest BCUT2D eigenvalue weighted by Crippen LogP contribution is -2.31. The number of allylic oxidation sites excluding steroid dienone is 3. The minimum atomic E-state index is -0.719. The second kappa shape index (κ2) is 8.39. The molecule has 4 N–H and O–H groups in total. The summed E-state index contributed by atoms with van der Waals surface area (Å²) in [6.45, 7) is 14.1. The molecular formula is C16H31NO2. The van der Waals surface area contributed by atoms with Gasteiger partial charge in [0.25, 0.3) is 0 Å². The molecule has 0 fully saturated rings. The van der Waals surface area contributed by atoms with E-state index in [1.165, 1.54) is 0 Å². The van der Waals surface area contributed by atoms with Gasteiger partial charge in [-0.2, -0.15) is 0 Å². The van der Waals surface area contributed by atoms with Crippen LogP contribution in [0.25, 0.3) is 0 Å². The van der Waals surface area contributed by atoms with Gasteiger partial charge in [0.1, 0.15) is 0 Å². The summed E-state index contributed by atoms with van der Waals surface area (Å²) in [5.41, 5.74) is 8.92. The maximum atomic E-state index is 9.86. The van der Waals surface area contributed by atoms with Crippen molar-refractivity contribution in [2.24, 2.45) is 17.6 Å². The van der Waals surface area contributed by atoms with E-state index in [0.29, 0.717) is 18.8 Å². The third kappa shape index (κ3) is 5.79. The van der Waals surface area contributed by atoms with Crippen LogP contribution in [0.2, 0.25) is 0 Å². The normalized spacial score (nSPS) is 17.9. The molecule has 0 bridgehead atoms. The molecule has 0 saturated heterocycles. The number of nitrogens with two attached hydrogens (primary N) is 1. The van der Waals surface area contributed by atoms with Crippen molar-refractivity contribution in [2.45, 2.75) is 66.1 Å². The number of rotatable bonds is 8. The summed E-state index contributed by atoms with van der Waals surface area (Å²) in [4.78, 5) is 0. The molecule has 0 saturated carbocycles. The molecule has 0 amide bonds. The van der Waals surface area contributed by atoms with Crippen LogP contribution in [0.1, 0.15) is 53.9 Å². The lowest BCUT2D eigenvalue weighted by atomic mass is 9.91. The van der Waals surface area contributed by atoms with Crippen LogP contribution in [0.4, 0.5) is 0 Å². The highest BCUT2D eigenvalue weighted by Crippen LogP contribution is 2.23. The first-order valence-electron chi connectivity index (χ1n) is 7.22. The zero-order valence-corrected chi connectivity index (χ0v) is 13.1. The van der Waals surface area contributed by atoms with Gasteiger partial charge in [0.15, 0.2) is 0 Å². The Morgan fingerprint density at radius 3 is 2.16 bits per heavy atom. The Labute approximate surface area is 118 Å². The second-order valence-electron chi connectivity index (χ2n) is 5.83. The molecule has 0 aliphatic heterocycles. The molecule has 0 aromatic heterocycles. The summed E-state index contributed by atoms with van der Waals surface area (Å²) in [5, 5.41) is 19.6. The Morgan fingerprint density at radius 2 is 1.74 bits per heavy atom. The lowest BCUT2D eigenvalue weighted by molar-refractivity contribution is -0.0119. The van der Waals surface area contributed by atoms with Crippen LogP contribution in [-0.4, -0.2) is 22.4 Å². The topological polar surface area (TPSA) is 66.5 Å². The molecular weight excluding hydrogens is 238 g/mol. The molecule has 3 unspecified atom stereocenters. The first-order chi connectivity index (χ1) is 8.72. The first kappa shape index (κ1) is 18.2. The minimum absolute atomic E-state index is 0.0522. The van der Waals surface area contributed by atoms with Crippen molar-refractivity contribution in [1.82, 2.24) is 0 Å². The van der Waals surface area contributed by atoms with Gasteiger partial charge in [0, 0.05) is 5.70 Å². The summed E-state index contributed by atoms with van der Waals surface area (Å²) in [5.74, 6) is 0.473. The molecule has 3 heteroatoms. The fourth-order valence-electron chi connectivity index (χ4n) is 1.93. The van der Waals surface area contributed by atoms with Crippen LogP contribution in [-0.2, 0) is 0 Å². The highest BCUT2D eigenvalue weighted by atomic mass is 16.3. The standard InChI is InChI=1S/C16H31NO2/c1-7-11(4)12(5)13(6)14(17)8-9-15(18)16(19)10(2)3/h10-11,15-16,18-19H,5,7-9,17H2,1-4,6H3/b14-13-. The molecule has 0 rings (SSSR count). The molecule has 0 aliphatic carbocycles. The number of hydrogen-bond acceptors (Lipinski definition) is 3. The van der Waals surface area contributed by atoms with E-state index < -0.39 is 12.2 Å². The Bertz CT molecular complexity index is 321. The Hall–Kier alpha value is -0.800. The predicted molar refractivity (Wildman–Crippen MR) is 81.6 cm³/mol. The summed E-state index contributed by atoms with van der Waals surface area (Å²) in [7, 11) is 0. The van der Waals surface area contributed by atoms with Gasteiger partial charge in [-0.3, -0.25) is 0 Å². The molecule has 0 aromatic carbocycles. The zero-order chi connectivity index (χ0) is 15.2. The lowest BCUT2D eigenvalue weighted by Gasteiger charge is -2.22. The average molecular weight is 269 g/mol. The maximum Gasteiger partial charge on any atom is 0.0822 e. The summed E-state index contributed by atoms with van der Waals surface area (Å²) < 4.78 is 0. The van der Waals surface area contributed by atoms with Gasteiger partial charge in [-0.25, -0.2) is 0 Å². The largest absolute Gasteiger partial charge is 0.402 e. The SMILES string of the molecule is C=C(/C(C)=C(\N)CCC(O)C(O)C(C)C)C(C)CC. The van der Waals surface area contributed by atoms with Crippen LogP contribution in [0.15, 0.2) is 23.4 Å². The smallest absolute Gasteiger partial charge is 0.0822 e. The van der Waals surface area contributed by atoms with Crippen molar-refractivity contribution in [3.63, 3.8) is 0 Å². The minimum Gasteiger partial charge on any atom is -0.402 e. The van der Waals surface area contributed by atoms with E-state index in [9.17, 15) is 10.2 Å². The Kier molecular flexibility index (Phi) is 8.03. The number of aliphatic hydroxyl groups excluding tert-OH is 2. The molecule has 3 nitrogen and oxygen atoms in total. The van der Waals surface area contributed by atoms with Gasteiger partial charge in [-0.1, -0.05) is 34.3 Å². The molecule has 0 spiro atoms. The van der Waals surface area contributed by atoms with Gasteiger partial charge in [-0.15, -0.1) is 0 Å². The van der Waals surface area contributed by atoms with Crippen molar-refractivity contribution >= 4 is 0 Å². The van der Waals surface area contributed by atoms with Crippen LogP contribution in [0.3, 0.4) is 0 Å². The van der Waals surface area contributed by atoms with E-state index >= 15 is 0 Å². The van der Waals surface area contributed by atoms with E-state index in [1.807, 2.05) is 20.8 Å². The average Bonchev–Trinajstić information content (AvgIpc) is 2.40.